The highest BCUT2D eigenvalue weighted by Crippen LogP contribution is 2.08. The Hall–Kier alpha value is -2.66. The summed E-state index contributed by atoms with van der Waals surface area (Å²) in [5.41, 5.74) is 12.2. The molecule has 0 bridgehead atoms. The molecule has 1 unspecified atom stereocenters. The van der Waals surface area contributed by atoms with Gasteiger partial charge in [0.05, 0.1) is 0 Å². The minimum atomic E-state index is -4.80. The van der Waals surface area contributed by atoms with Crippen molar-refractivity contribution in [1.82, 2.24) is 9.97 Å². The molecule has 10 nitrogen and oxygen atoms in total. The van der Waals surface area contributed by atoms with Crippen LogP contribution in [0, 0.1) is 0 Å². The lowest BCUT2D eigenvalue weighted by molar-refractivity contribution is -0.836. The van der Waals surface area contributed by atoms with Gasteiger partial charge in [0.25, 0.3) is 0 Å². The molecule has 0 spiro atoms. The maximum absolute atomic E-state index is 10.7. The van der Waals surface area contributed by atoms with Gasteiger partial charge < -0.3 is 16.8 Å². The lowest BCUT2D eigenvalue weighted by Crippen LogP contribution is -2.51. The van der Waals surface area contributed by atoms with Crippen molar-refractivity contribution in [3.8, 4) is 0 Å². The zero-order valence-electron chi connectivity index (χ0n) is 12.2. The van der Waals surface area contributed by atoms with E-state index in [2.05, 4.69) is 19.6 Å². The lowest BCUT2D eigenvalue weighted by atomic mass is 10.1. The van der Waals surface area contributed by atoms with Crippen LogP contribution in [0.25, 0.3) is 0 Å². The summed E-state index contributed by atoms with van der Waals surface area (Å²) in [6, 6.07) is 9.74. The maximum Gasteiger partial charge on any atom is 0.472 e. The third kappa shape index (κ3) is 4.93. The van der Waals surface area contributed by atoms with Crippen molar-refractivity contribution in [2.75, 3.05) is 16.8 Å². The van der Waals surface area contributed by atoms with Crippen molar-refractivity contribution in [1.29, 1.82) is 0 Å². The van der Waals surface area contributed by atoms with Crippen LogP contribution >= 0.6 is 0 Å². The van der Waals surface area contributed by atoms with E-state index in [0.29, 0.717) is 11.2 Å². The van der Waals surface area contributed by atoms with Crippen LogP contribution in [0.2, 0.25) is 0 Å². The highest BCUT2D eigenvalue weighted by atomic mass is 32.3. The van der Waals surface area contributed by atoms with Crippen LogP contribution < -0.4 is 25.8 Å². The van der Waals surface area contributed by atoms with Crippen molar-refractivity contribution in [3.63, 3.8) is 0 Å². The van der Waals surface area contributed by atoms with Gasteiger partial charge in [0.15, 0.2) is 0 Å². The molecule has 23 heavy (non-hydrogen) atoms. The van der Waals surface area contributed by atoms with Gasteiger partial charge in [-0.3, -0.25) is 4.55 Å². The second kappa shape index (κ2) is 6.62. The first kappa shape index (κ1) is 16.7. The zero-order chi connectivity index (χ0) is 17.0. The Labute approximate surface area is 133 Å². The van der Waals surface area contributed by atoms with Crippen molar-refractivity contribution < 1.29 is 22.0 Å². The van der Waals surface area contributed by atoms with Gasteiger partial charge in [0.2, 0.25) is 0 Å². The fourth-order valence-electron chi connectivity index (χ4n) is 1.92. The van der Waals surface area contributed by atoms with Gasteiger partial charge in [-0.25, -0.2) is 4.28 Å². The molecule has 1 heterocycles. The van der Waals surface area contributed by atoms with E-state index in [1.54, 1.807) is 0 Å². The first-order valence-corrected chi connectivity index (χ1v) is 7.94. The smallest absolute Gasteiger partial charge is 0.334 e. The number of nitrogen functional groups attached to an aromatic ring is 2. The van der Waals surface area contributed by atoms with Crippen molar-refractivity contribution in [3.05, 3.63) is 35.9 Å². The maximum atomic E-state index is 10.7. The molecule has 6 N–H and O–H groups in total. The Kier molecular flexibility index (Phi) is 4.81. The molecule has 0 aliphatic rings. The summed E-state index contributed by atoms with van der Waals surface area (Å²) in [6.07, 6.45) is 0.709. The summed E-state index contributed by atoms with van der Waals surface area (Å²) in [6.45, 7) is 1.92. The molecule has 0 saturated heterocycles. The van der Waals surface area contributed by atoms with Crippen LogP contribution in [-0.4, -0.2) is 29.0 Å². The summed E-state index contributed by atoms with van der Waals surface area (Å²) in [5, 5.41) is 3.00. The largest absolute Gasteiger partial charge is 0.472 e. The SMILES string of the molecule is CC(Cc1ccccc1)Nc1nc(N)[n+](OS(=O)(=O)O)c(N)n1. The first-order chi connectivity index (χ1) is 10.7. The molecular weight excluding hydrogens is 324 g/mol. The molecule has 0 saturated carbocycles. The van der Waals surface area contributed by atoms with Crippen LogP contribution in [0.5, 0.6) is 0 Å². The monoisotopic (exact) mass is 341 g/mol. The Morgan fingerprint density at radius 3 is 2.35 bits per heavy atom. The average Bonchev–Trinajstić information content (AvgIpc) is 2.43. The van der Waals surface area contributed by atoms with Crippen molar-refractivity contribution in [2.24, 2.45) is 0 Å². The third-order valence-corrected chi connectivity index (χ3v) is 3.12. The third-order valence-electron chi connectivity index (χ3n) is 2.79. The van der Waals surface area contributed by atoms with Crippen LogP contribution in [0.3, 0.4) is 0 Å². The topological polar surface area (TPSA) is 157 Å². The Morgan fingerprint density at radius 2 is 1.83 bits per heavy atom. The molecule has 1 aromatic carbocycles. The van der Waals surface area contributed by atoms with Gasteiger partial charge in [0, 0.05) is 6.04 Å². The number of benzene rings is 1. The molecular formula is C12H17N6O4S+. The Bertz CT molecular complexity index is 760. The molecule has 2 rings (SSSR count). The van der Waals surface area contributed by atoms with Crippen LogP contribution in [-0.2, 0) is 16.8 Å². The van der Waals surface area contributed by atoms with E-state index in [1.807, 2.05) is 37.3 Å². The van der Waals surface area contributed by atoms with Gasteiger partial charge in [-0.1, -0.05) is 40.3 Å². The summed E-state index contributed by atoms with van der Waals surface area (Å²) >= 11 is 0. The number of hydrogen-bond acceptors (Lipinski definition) is 8. The van der Waals surface area contributed by atoms with Gasteiger partial charge in [-0.05, 0) is 23.6 Å². The van der Waals surface area contributed by atoms with E-state index in [-0.39, 0.29) is 23.9 Å². The Morgan fingerprint density at radius 1 is 1.26 bits per heavy atom. The quantitative estimate of drug-likeness (QED) is 0.390. The molecule has 1 atom stereocenters. The Balaban J connectivity index is 2.12. The summed E-state index contributed by atoms with van der Waals surface area (Å²) in [5.74, 6) is -0.660. The van der Waals surface area contributed by atoms with Crippen LogP contribution in [0.1, 0.15) is 12.5 Å². The number of aromatic nitrogens is 3. The standard InChI is InChI=1S/C12H16N6O4S/c1-8(7-9-5-3-2-4-6-9)15-12-16-10(13)18(11(14)17-12)22-23(19,20)21/h2-6,8H,7H2,1H3,(H5,13,14,15,16,17,19,20,21)/p+1. The molecule has 0 amide bonds. The van der Waals surface area contributed by atoms with Crippen LogP contribution in [0.15, 0.2) is 30.3 Å². The summed E-state index contributed by atoms with van der Waals surface area (Å²) < 4.78 is 34.6. The lowest BCUT2D eigenvalue weighted by Gasteiger charge is -2.12. The van der Waals surface area contributed by atoms with Gasteiger partial charge in [-0.15, -0.1) is 0 Å². The minimum Gasteiger partial charge on any atom is -0.334 e. The highest BCUT2D eigenvalue weighted by Gasteiger charge is 2.22. The van der Waals surface area contributed by atoms with Crippen molar-refractivity contribution >= 4 is 28.2 Å². The van der Waals surface area contributed by atoms with Gasteiger partial charge in [0.1, 0.15) is 0 Å². The fraction of sp³-hybridized carbons (Fsp3) is 0.250. The summed E-state index contributed by atoms with van der Waals surface area (Å²) in [4.78, 5) is 7.68. The molecule has 0 aliphatic heterocycles. The zero-order valence-corrected chi connectivity index (χ0v) is 13.1. The second-order valence-corrected chi connectivity index (χ2v) is 5.80. The van der Waals surface area contributed by atoms with E-state index in [1.165, 1.54) is 0 Å². The number of nitrogens with one attached hydrogen (secondary N) is 1. The summed E-state index contributed by atoms with van der Waals surface area (Å²) in [7, 11) is -4.80. The number of hydrogen-bond donors (Lipinski definition) is 4. The normalized spacial score (nSPS) is 12.6. The van der Waals surface area contributed by atoms with E-state index < -0.39 is 10.4 Å². The second-order valence-electron chi connectivity index (χ2n) is 4.80. The molecule has 0 fully saturated rings. The van der Waals surface area contributed by atoms with Gasteiger partial charge >= 0.3 is 28.2 Å². The van der Waals surface area contributed by atoms with Gasteiger partial charge in [-0.2, -0.15) is 8.42 Å². The number of rotatable bonds is 6. The van der Waals surface area contributed by atoms with E-state index in [9.17, 15) is 8.42 Å². The van der Waals surface area contributed by atoms with E-state index in [0.717, 1.165) is 5.56 Å². The predicted molar refractivity (Wildman–Crippen MR) is 82.4 cm³/mol. The molecule has 124 valence electrons. The number of nitrogens with two attached hydrogens (primary N) is 2. The average molecular weight is 341 g/mol. The molecule has 2 aromatic rings. The molecule has 0 radical (unpaired) electrons. The van der Waals surface area contributed by atoms with Crippen LogP contribution in [0.4, 0.5) is 17.8 Å². The van der Waals surface area contributed by atoms with E-state index >= 15 is 0 Å². The molecule has 1 aromatic heterocycles. The molecule has 0 aliphatic carbocycles. The minimum absolute atomic E-state index is 0.0328. The van der Waals surface area contributed by atoms with Crippen molar-refractivity contribution in [2.45, 2.75) is 19.4 Å². The van der Waals surface area contributed by atoms with E-state index in [4.69, 9.17) is 16.0 Å². The predicted octanol–water partition coefficient (Wildman–Crippen LogP) is -0.797. The number of nitrogens with zero attached hydrogens (tertiary/aromatic N) is 3. The molecule has 11 heteroatoms. The fourth-order valence-corrected chi connectivity index (χ4v) is 2.27. The first-order valence-electron chi connectivity index (χ1n) is 6.57. The highest BCUT2D eigenvalue weighted by molar-refractivity contribution is 7.80. The number of anilines is 3.